The van der Waals surface area contributed by atoms with Crippen molar-refractivity contribution >= 4 is 5.78 Å². The first-order valence-corrected chi connectivity index (χ1v) is 7.23. The molecular weight excluding hydrogens is 274 g/mol. The summed E-state index contributed by atoms with van der Waals surface area (Å²) in [7, 11) is 0. The smallest absolute Gasteiger partial charge is 0.179 e. The molecule has 0 N–H and O–H groups in total. The van der Waals surface area contributed by atoms with E-state index in [0.29, 0.717) is 0 Å². The second-order valence-electron chi connectivity index (χ2n) is 6.48. The quantitative estimate of drug-likeness (QED) is 0.801. The molecule has 1 fully saturated rings. The third-order valence-electron chi connectivity index (χ3n) is 3.92. The molecule has 3 nitrogen and oxygen atoms in total. The van der Waals surface area contributed by atoms with Crippen molar-refractivity contribution < 1.29 is 13.6 Å². The van der Waals surface area contributed by atoms with Crippen molar-refractivity contribution in [3.63, 3.8) is 0 Å². The Hall–Kier alpha value is -1.33. The molecule has 116 valence electrons. The fourth-order valence-electron chi connectivity index (χ4n) is 2.58. The van der Waals surface area contributed by atoms with Gasteiger partial charge in [0.25, 0.3) is 0 Å². The van der Waals surface area contributed by atoms with E-state index in [2.05, 4.69) is 25.7 Å². The van der Waals surface area contributed by atoms with Crippen LogP contribution in [0.4, 0.5) is 8.78 Å². The maximum Gasteiger partial charge on any atom is 0.179 e. The average molecular weight is 296 g/mol. The van der Waals surface area contributed by atoms with Crippen molar-refractivity contribution in [1.82, 2.24) is 9.80 Å². The predicted octanol–water partition coefficient (Wildman–Crippen LogP) is 2.56. The van der Waals surface area contributed by atoms with Crippen LogP contribution in [0.15, 0.2) is 18.2 Å². The van der Waals surface area contributed by atoms with Crippen molar-refractivity contribution in [2.75, 3.05) is 32.7 Å². The number of Topliss-reactive ketones (excluding diaryl/α,β-unsaturated/α-hetero) is 1. The Morgan fingerprint density at radius 1 is 1.14 bits per heavy atom. The lowest BCUT2D eigenvalue weighted by molar-refractivity contribution is 0.0577. The summed E-state index contributed by atoms with van der Waals surface area (Å²) in [5, 5.41) is 0. The molecule has 0 radical (unpaired) electrons. The van der Waals surface area contributed by atoms with Gasteiger partial charge in [-0.1, -0.05) is 0 Å². The summed E-state index contributed by atoms with van der Waals surface area (Å²) >= 11 is 0. The number of nitrogens with zero attached hydrogens (tertiary/aromatic N) is 2. The van der Waals surface area contributed by atoms with Crippen LogP contribution in [0.3, 0.4) is 0 Å². The van der Waals surface area contributed by atoms with Crippen molar-refractivity contribution in [3.8, 4) is 0 Å². The van der Waals surface area contributed by atoms with Crippen molar-refractivity contribution in [1.29, 1.82) is 0 Å². The van der Waals surface area contributed by atoms with Gasteiger partial charge in [0.15, 0.2) is 5.78 Å². The zero-order valence-corrected chi connectivity index (χ0v) is 12.8. The molecule has 1 heterocycles. The van der Waals surface area contributed by atoms with Crippen LogP contribution in [0.5, 0.6) is 0 Å². The minimum Gasteiger partial charge on any atom is -0.296 e. The van der Waals surface area contributed by atoms with Crippen LogP contribution in [0.25, 0.3) is 0 Å². The monoisotopic (exact) mass is 296 g/mol. The predicted molar refractivity (Wildman–Crippen MR) is 78.5 cm³/mol. The molecule has 21 heavy (non-hydrogen) atoms. The number of rotatable bonds is 3. The number of carbonyl (C=O) groups excluding carboxylic acids is 1. The molecule has 1 aliphatic rings. The van der Waals surface area contributed by atoms with Crippen LogP contribution in [-0.4, -0.2) is 53.8 Å². The summed E-state index contributed by atoms with van der Waals surface area (Å²) < 4.78 is 26.7. The van der Waals surface area contributed by atoms with Gasteiger partial charge in [-0.2, -0.15) is 0 Å². The van der Waals surface area contributed by atoms with Gasteiger partial charge in [0.1, 0.15) is 11.6 Å². The Bertz CT molecular complexity index is 517. The maximum absolute atomic E-state index is 13.6. The van der Waals surface area contributed by atoms with Gasteiger partial charge in [-0.05, 0) is 39.0 Å². The number of halogens is 2. The molecular formula is C16H22F2N2O. The summed E-state index contributed by atoms with van der Waals surface area (Å²) in [4.78, 5) is 16.5. The number of hydrogen-bond acceptors (Lipinski definition) is 3. The van der Waals surface area contributed by atoms with Gasteiger partial charge in [-0.25, -0.2) is 8.78 Å². The van der Waals surface area contributed by atoms with Crippen LogP contribution in [0.2, 0.25) is 0 Å². The van der Waals surface area contributed by atoms with E-state index in [4.69, 9.17) is 0 Å². The molecule has 1 saturated heterocycles. The molecule has 2 rings (SSSR count). The molecule has 0 atom stereocenters. The fraction of sp³-hybridized carbons (Fsp3) is 0.562. The standard InChI is InChI=1S/C16H22F2N2O/c1-16(2,3)20-8-6-19(7-9-20)11-15(21)13-10-12(17)4-5-14(13)18/h4-5,10H,6-9,11H2,1-3H3. The van der Waals surface area contributed by atoms with Gasteiger partial charge in [-0.15, -0.1) is 0 Å². The first kappa shape index (κ1) is 16.0. The minimum absolute atomic E-state index is 0.116. The highest BCUT2D eigenvalue weighted by Crippen LogP contribution is 2.17. The molecule has 0 amide bonds. The maximum atomic E-state index is 13.6. The van der Waals surface area contributed by atoms with Crippen molar-refractivity contribution in [2.45, 2.75) is 26.3 Å². The number of ketones is 1. The minimum atomic E-state index is -0.658. The van der Waals surface area contributed by atoms with Gasteiger partial charge in [0, 0.05) is 31.7 Å². The van der Waals surface area contributed by atoms with E-state index >= 15 is 0 Å². The van der Waals surface area contributed by atoms with Crippen LogP contribution < -0.4 is 0 Å². The molecule has 5 heteroatoms. The van der Waals surface area contributed by atoms with E-state index in [-0.39, 0.29) is 23.4 Å². The zero-order chi connectivity index (χ0) is 15.6. The van der Waals surface area contributed by atoms with Gasteiger partial charge < -0.3 is 0 Å². The number of benzene rings is 1. The second kappa shape index (κ2) is 6.20. The highest BCUT2D eigenvalue weighted by atomic mass is 19.1. The number of piperazine rings is 1. The average Bonchev–Trinajstić information content (AvgIpc) is 2.41. The molecule has 0 aliphatic carbocycles. The Kier molecular flexibility index (Phi) is 4.74. The summed E-state index contributed by atoms with van der Waals surface area (Å²) in [5.41, 5.74) is -0.0432. The molecule has 0 aromatic heterocycles. The lowest BCUT2D eigenvalue weighted by atomic mass is 10.0. The molecule has 0 spiro atoms. The summed E-state index contributed by atoms with van der Waals surface area (Å²) in [6, 6.07) is 3.00. The third kappa shape index (κ3) is 4.08. The van der Waals surface area contributed by atoms with E-state index in [1.807, 2.05) is 4.90 Å². The van der Waals surface area contributed by atoms with Crippen LogP contribution in [0.1, 0.15) is 31.1 Å². The SMILES string of the molecule is CC(C)(C)N1CCN(CC(=O)c2cc(F)ccc2F)CC1. The molecule has 0 saturated carbocycles. The molecule has 1 aliphatic heterocycles. The second-order valence-corrected chi connectivity index (χ2v) is 6.48. The van der Waals surface area contributed by atoms with Gasteiger partial charge in [0.2, 0.25) is 0 Å². The molecule has 0 unspecified atom stereocenters. The zero-order valence-electron chi connectivity index (χ0n) is 12.8. The highest BCUT2D eigenvalue weighted by Gasteiger charge is 2.27. The van der Waals surface area contributed by atoms with E-state index in [1.165, 1.54) is 0 Å². The first-order chi connectivity index (χ1) is 9.77. The summed E-state index contributed by atoms with van der Waals surface area (Å²) in [6.07, 6.45) is 0. The lowest BCUT2D eigenvalue weighted by Crippen LogP contribution is -2.54. The van der Waals surface area contributed by atoms with Gasteiger partial charge >= 0.3 is 0 Å². The summed E-state index contributed by atoms with van der Waals surface area (Å²) in [5.74, 6) is -1.61. The normalized spacial score (nSPS) is 18.0. The molecule has 0 bridgehead atoms. The Labute approximate surface area is 124 Å². The van der Waals surface area contributed by atoms with E-state index in [9.17, 15) is 13.6 Å². The highest BCUT2D eigenvalue weighted by molar-refractivity contribution is 5.97. The van der Waals surface area contributed by atoms with Crippen LogP contribution >= 0.6 is 0 Å². The van der Waals surface area contributed by atoms with E-state index in [1.54, 1.807) is 0 Å². The Morgan fingerprint density at radius 3 is 2.33 bits per heavy atom. The topological polar surface area (TPSA) is 23.6 Å². The van der Waals surface area contributed by atoms with Crippen LogP contribution in [0, 0.1) is 11.6 Å². The largest absolute Gasteiger partial charge is 0.296 e. The van der Waals surface area contributed by atoms with E-state index in [0.717, 1.165) is 44.4 Å². The van der Waals surface area contributed by atoms with Crippen molar-refractivity contribution in [3.05, 3.63) is 35.4 Å². The molecule has 1 aromatic carbocycles. The fourth-order valence-corrected chi connectivity index (χ4v) is 2.58. The van der Waals surface area contributed by atoms with Gasteiger partial charge in [0.05, 0.1) is 12.1 Å². The lowest BCUT2D eigenvalue weighted by Gasteiger charge is -2.42. The van der Waals surface area contributed by atoms with Gasteiger partial charge in [-0.3, -0.25) is 14.6 Å². The van der Waals surface area contributed by atoms with Crippen molar-refractivity contribution in [2.24, 2.45) is 0 Å². The molecule has 1 aromatic rings. The van der Waals surface area contributed by atoms with Crippen LogP contribution in [-0.2, 0) is 0 Å². The number of hydrogen-bond donors (Lipinski definition) is 0. The number of carbonyl (C=O) groups is 1. The van der Waals surface area contributed by atoms with E-state index < -0.39 is 11.6 Å². The summed E-state index contributed by atoms with van der Waals surface area (Å²) in [6.45, 7) is 9.91. The third-order valence-corrected chi connectivity index (χ3v) is 3.92. The Morgan fingerprint density at radius 2 is 1.76 bits per heavy atom. The Balaban J connectivity index is 1.94. The first-order valence-electron chi connectivity index (χ1n) is 7.23.